The van der Waals surface area contributed by atoms with E-state index >= 15 is 0 Å². The zero-order chi connectivity index (χ0) is 11.5. The molecule has 0 bridgehead atoms. The maximum absolute atomic E-state index is 13.5. The van der Waals surface area contributed by atoms with Crippen molar-refractivity contribution in [2.75, 3.05) is 30.5 Å². The van der Waals surface area contributed by atoms with Gasteiger partial charge in [0.25, 0.3) is 0 Å². The minimum absolute atomic E-state index is 0.122. The summed E-state index contributed by atoms with van der Waals surface area (Å²) in [5, 5.41) is 0. The molecule has 6 heteroatoms. The highest BCUT2D eigenvalue weighted by Crippen LogP contribution is 2.21. The van der Waals surface area contributed by atoms with Gasteiger partial charge in [0.2, 0.25) is 0 Å². The van der Waals surface area contributed by atoms with Crippen LogP contribution in [0, 0.1) is 11.6 Å². The largest absolute Gasteiger partial charge is 0.377 e. The number of aromatic nitrogens is 1. The summed E-state index contributed by atoms with van der Waals surface area (Å²) in [5.74, 6) is -0.900. The van der Waals surface area contributed by atoms with E-state index in [4.69, 9.17) is 16.3 Å². The molecule has 0 spiro atoms. The molecule has 2 rings (SSSR count). The Balaban J connectivity index is 2.27. The number of halogens is 3. The molecule has 1 aliphatic heterocycles. The molecule has 0 amide bonds. The Morgan fingerprint density at radius 3 is 3.06 bits per heavy atom. The summed E-state index contributed by atoms with van der Waals surface area (Å²) in [4.78, 5) is 5.47. The lowest BCUT2D eigenvalue weighted by atomic mass is 10.2. The van der Waals surface area contributed by atoms with Crippen LogP contribution in [0.4, 0.5) is 14.6 Å². The summed E-state index contributed by atoms with van der Waals surface area (Å²) in [6, 6.07) is 0.700. The predicted octanol–water partition coefficient (Wildman–Crippen LogP) is 1.80. The van der Waals surface area contributed by atoms with Gasteiger partial charge in [0.15, 0.2) is 11.6 Å². The van der Waals surface area contributed by atoms with Gasteiger partial charge in [-0.2, -0.15) is 0 Å². The molecule has 0 radical (unpaired) electrons. The minimum Gasteiger partial charge on any atom is -0.377 e. The Kier molecular flexibility index (Phi) is 3.56. The van der Waals surface area contributed by atoms with Crippen LogP contribution < -0.4 is 4.90 Å². The maximum Gasteiger partial charge on any atom is 0.168 e. The summed E-state index contributed by atoms with van der Waals surface area (Å²) in [5.41, 5.74) is 0. The highest BCUT2D eigenvalue weighted by atomic mass is 35.5. The van der Waals surface area contributed by atoms with Crippen molar-refractivity contribution in [3.8, 4) is 0 Å². The highest BCUT2D eigenvalue weighted by molar-refractivity contribution is 6.18. The molecule has 1 unspecified atom stereocenters. The van der Waals surface area contributed by atoms with Gasteiger partial charge in [0, 0.05) is 18.5 Å². The van der Waals surface area contributed by atoms with Crippen molar-refractivity contribution in [1.29, 1.82) is 0 Å². The molecule has 2 heterocycles. The van der Waals surface area contributed by atoms with E-state index in [-0.39, 0.29) is 11.9 Å². The monoisotopic (exact) mass is 248 g/mol. The number of morpholine rings is 1. The van der Waals surface area contributed by atoms with Crippen LogP contribution in [0.2, 0.25) is 0 Å². The fraction of sp³-hybridized carbons (Fsp3) is 0.500. The van der Waals surface area contributed by atoms with Crippen LogP contribution in [0.1, 0.15) is 0 Å². The normalized spacial score (nSPS) is 21.2. The minimum atomic E-state index is -0.683. The SMILES string of the molecule is Fc1cnc(N2CCOCC2CCl)c(F)c1. The molecule has 3 nitrogen and oxygen atoms in total. The third-order valence-electron chi connectivity index (χ3n) is 2.47. The zero-order valence-corrected chi connectivity index (χ0v) is 9.25. The number of nitrogens with zero attached hydrogens (tertiary/aromatic N) is 2. The Hall–Kier alpha value is -0.940. The molecule has 1 aromatic heterocycles. The molecular weight excluding hydrogens is 238 g/mol. The van der Waals surface area contributed by atoms with E-state index in [1.807, 2.05) is 0 Å². The first kappa shape index (κ1) is 11.5. The fourth-order valence-corrected chi connectivity index (χ4v) is 1.94. The lowest BCUT2D eigenvalue weighted by Gasteiger charge is -2.35. The summed E-state index contributed by atoms with van der Waals surface area (Å²) < 4.78 is 31.5. The second-order valence-electron chi connectivity index (χ2n) is 3.54. The van der Waals surface area contributed by atoms with Crippen molar-refractivity contribution in [1.82, 2.24) is 4.98 Å². The van der Waals surface area contributed by atoms with Crippen LogP contribution in [-0.2, 0) is 4.74 Å². The Morgan fingerprint density at radius 1 is 1.56 bits per heavy atom. The standard InChI is InChI=1S/C10H11ClF2N2O/c11-4-8-6-16-2-1-15(8)10-9(13)3-7(12)5-14-10/h3,5,8H,1-2,4,6H2. The molecule has 1 aromatic rings. The topological polar surface area (TPSA) is 25.4 Å². The third kappa shape index (κ3) is 2.25. The van der Waals surface area contributed by atoms with Crippen LogP contribution in [0.5, 0.6) is 0 Å². The molecular formula is C10H11ClF2N2O. The molecule has 1 saturated heterocycles. The van der Waals surface area contributed by atoms with Gasteiger partial charge in [-0.1, -0.05) is 0 Å². The molecule has 16 heavy (non-hydrogen) atoms. The molecule has 1 atom stereocenters. The lowest BCUT2D eigenvalue weighted by Crippen LogP contribution is -2.47. The molecule has 1 fully saturated rings. The van der Waals surface area contributed by atoms with E-state index in [9.17, 15) is 8.78 Å². The molecule has 88 valence electrons. The second kappa shape index (κ2) is 4.93. The fourth-order valence-electron chi connectivity index (χ4n) is 1.68. The van der Waals surface area contributed by atoms with Crippen LogP contribution in [0.3, 0.4) is 0 Å². The third-order valence-corrected chi connectivity index (χ3v) is 2.82. The first-order valence-corrected chi connectivity index (χ1v) is 5.47. The number of hydrogen-bond acceptors (Lipinski definition) is 3. The van der Waals surface area contributed by atoms with E-state index in [1.54, 1.807) is 4.90 Å². The van der Waals surface area contributed by atoms with Crippen LogP contribution in [0.15, 0.2) is 12.3 Å². The average Bonchev–Trinajstić information content (AvgIpc) is 2.29. The molecule has 0 saturated carbocycles. The molecule has 0 aromatic carbocycles. The van der Waals surface area contributed by atoms with Gasteiger partial charge in [-0.25, -0.2) is 13.8 Å². The lowest BCUT2D eigenvalue weighted by molar-refractivity contribution is 0.0990. The number of rotatable bonds is 2. The predicted molar refractivity (Wildman–Crippen MR) is 56.8 cm³/mol. The zero-order valence-electron chi connectivity index (χ0n) is 8.50. The Labute approximate surface area is 97.0 Å². The van der Waals surface area contributed by atoms with Crippen LogP contribution in [0.25, 0.3) is 0 Å². The van der Waals surface area contributed by atoms with Crippen LogP contribution in [-0.4, -0.2) is 36.7 Å². The summed E-state index contributed by atoms with van der Waals surface area (Å²) in [6.45, 7) is 1.43. The second-order valence-corrected chi connectivity index (χ2v) is 3.84. The van der Waals surface area contributed by atoms with E-state index < -0.39 is 11.6 Å². The van der Waals surface area contributed by atoms with E-state index in [1.165, 1.54) is 0 Å². The quantitative estimate of drug-likeness (QED) is 0.747. The molecule has 0 N–H and O–H groups in total. The molecule has 0 aliphatic carbocycles. The summed E-state index contributed by atoms with van der Waals surface area (Å²) in [6.07, 6.45) is 0.999. The maximum atomic E-state index is 13.5. The van der Waals surface area contributed by atoms with Crippen molar-refractivity contribution in [2.45, 2.75) is 6.04 Å². The van der Waals surface area contributed by atoms with Gasteiger partial charge < -0.3 is 9.64 Å². The first-order valence-electron chi connectivity index (χ1n) is 4.93. The Bertz CT molecular complexity index is 378. The summed E-state index contributed by atoms with van der Waals surface area (Å²) >= 11 is 5.76. The highest BCUT2D eigenvalue weighted by Gasteiger charge is 2.25. The van der Waals surface area contributed by atoms with Crippen molar-refractivity contribution in [3.63, 3.8) is 0 Å². The van der Waals surface area contributed by atoms with Crippen LogP contribution >= 0.6 is 11.6 Å². The smallest absolute Gasteiger partial charge is 0.168 e. The number of hydrogen-bond donors (Lipinski definition) is 0. The Morgan fingerprint density at radius 2 is 2.38 bits per heavy atom. The van der Waals surface area contributed by atoms with Gasteiger partial charge in [0.1, 0.15) is 5.82 Å². The number of ether oxygens (including phenoxy) is 1. The van der Waals surface area contributed by atoms with Gasteiger partial charge in [-0.3, -0.25) is 0 Å². The van der Waals surface area contributed by atoms with Gasteiger partial charge in [-0.05, 0) is 0 Å². The number of pyridine rings is 1. The number of anilines is 1. The van der Waals surface area contributed by atoms with E-state index in [0.29, 0.717) is 25.6 Å². The van der Waals surface area contributed by atoms with E-state index in [2.05, 4.69) is 4.98 Å². The average molecular weight is 249 g/mol. The number of alkyl halides is 1. The van der Waals surface area contributed by atoms with Crippen molar-refractivity contribution in [3.05, 3.63) is 23.9 Å². The summed E-state index contributed by atoms with van der Waals surface area (Å²) in [7, 11) is 0. The van der Waals surface area contributed by atoms with Gasteiger partial charge in [-0.15, -0.1) is 11.6 Å². The van der Waals surface area contributed by atoms with Crippen molar-refractivity contribution < 1.29 is 13.5 Å². The van der Waals surface area contributed by atoms with Crippen molar-refractivity contribution in [2.24, 2.45) is 0 Å². The van der Waals surface area contributed by atoms with E-state index in [0.717, 1.165) is 12.3 Å². The van der Waals surface area contributed by atoms with Gasteiger partial charge in [0.05, 0.1) is 25.5 Å². The first-order chi connectivity index (χ1) is 7.72. The van der Waals surface area contributed by atoms with Gasteiger partial charge >= 0.3 is 0 Å². The van der Waals surface area contributed by atoms with Crippen molar-refractivity contribution >= 4 is 17.4 Å². The molecule has 1 aliphatic rings.